The van der Waals surface area contributed by atoms with E-state index in [2.05, 4.69) is 51.5 Å². The predicted octanol–water partition coefficient (Wildman–Crippen LogP) is 5.97. The van der Waals surface area contributed by atoms with E-state index in [1.165, 1.54) is 14.2 Å². The highest BCUT2D eigenvalue weighted by Gasteiger charge is 2.23. The monoisotopic (exact) mass is 553 g/mol. The van der Waals surface area contributed by atoms with Gasteiger partial charge in [-0.3, -0.25) is 5.10 Å². The minimum absolute atomic E-state index is 0.372. The lowest BCUT2D eigenvalue weighted by atomic mass is 10.00. The quantitative estimate of drug-likeness (QED) is 0.155. The molecule has 0 radical (unpaired) electrons. The average molecular weight is 554 g/mol. The van der Waals surface area contributed by atoms with Crippen molar-refractivity contribution in [3.63, 3.8) is 0 Å². The molecule has 38 heavy (non-hydrogen) atoms. The second-order valence-corrected chi connectivity index (χ2v) is 10.2. The lowest BCUT2D eigenvalue weighted by molar-refractivity contribution is 0.319. The van der Waals surface area contributed by atoms with Crippen LogP contribution in [-0.2, 0) is 0 Å². The van der Waals surface area contributed by atoms with E-state index in [-0.39, 0.29) is 0 Å². The summed E-state index contributed by atoms with van der Waals surface area (Å²) in [5.74, 6) is 0.910. The molecule has 1 aromatic heterocycles. The Balaban J connectivity index is 1.48. The standard InChI is InChI=1S/C28H29Cl2N5O3/c1-15-13-35(14-16(2)31-15)19-8-5-17(6-9-19)27(34-36)28-20-10-7-18(11-21(20)32-33-28)24-25(29)22(37-3)12-23(38-4)26(24)30/h5-12,15-16,31,36H,13-14H2,1-4H3,(H,32,33)/b34-27-/t15-,16+. The van der Waals surface area contributed by atoms with Crippen molar-refractivity contribution in [1.82, 2.24) is 15.5 Å². The minimum atomic E-state index is 0.372. The summed E-state index contributed by atoms with van der Waals surface area (Å²) in [6.07, 6.45) is 0. The summed E-state index contributed by atoms with van der Waals surface area (Å²) < 4.78 is 10.8. The summed E-state index contributed by atoms with van der Waals surface area (Å²) in [7, 11) is 3.07. The number of ether oxygens (including phenoxy) is 2. The number of piperazine rings is 1. The van der Waals surface area contributed by atoms with Crippen LogP contribution in [0.5, 0.6) is 11.5 Å². The number of H-pyrrole nitrogens is 1. The van der Waals surface area contributed by atoms with Crippen LogP contribution in [0.15, 0.2) is 53.7 Å². The Morgan fingerprint density at radius 2 is 1.61 bits per heavy atom. The van der Waals surface area contributed by atoms with Gasteiger partial charge in [-0.1, -0.05) is 46.6 Å². The molecule has 8 nitrogen and oxygen atoms in total. The van der Waals surface area contributed by atoms with Gasteiger partial charge in [-0.25, -0.2) is 0 Å². The Morgan fingerprint density at radius 1 is 0.974 bits per heavy atom. The van der Waals surface area contributed by atoms with Crippen LogP contribution in [0.25, 0.3) is 22.0 Å². The number of oxime groups is 1. The van der Waals surface area contributed by atoms with Gasteiger partial charge in [-0.05, 0) is 43.7 Å². The highest BCUT2D eigenvalue weighted by atomic mass is 35.5. The van der Waals surface area contributed by atoms with Crippen LogP contribution in [0.4, 0.5) is 5.69 Å². The number of rotatable bonds is 6. The SMILES string of the molecule is COc1cc(OC)c(Cl)c(-c2ccc3c(/C(=N\O)c4ccc(N5C[C@@H](C)N[C@@H](C)C5)cc4)n[nH]c3c2)c1Cl. The Hall–Kier alpha value is -3.46. The number of nitrogens with zero attached hydrogens (tertiary/aromatic N) is 3. The third-order valence-corrected chi connectivity index (χ3v) is 7.56. The fourth-order valence-corrected chi connectivity index (χ4v) is 5.82. The number of halogens is 2. The summed E-state index contributed by atoms with van der Waals surface area (Å²) >= 11 is 13.2. The van der Waals surface area contributed by atoms with Gasteiger partial charge in [0, 0.05) is 53.4 Å². The molecule has 3 N–H and O–H groups in total. The summed E-state index contributed by atoms with van der Waals surface area (Å²) in [5.41, 5.74) is 4.87. The molecular formula is C28H29Cl2N5O3. The van der Waals surface area contributed by atoms with Gasteiger partial charge < -0.3 is 24.9 Å². The maximum atomic E-state index is 9.97. The molecule has 0 spiro atoms. The number of aromatic amines is 1. The lowest BCUT2D eigenvalue weighted by Crippen LogP contribution is -2.54. The van der Waals surface area contributed by atoms with E-state index >= 15 is 0 Å². The van der Waals surface area contributed by atoms with E-state index in [0.29, 0.717) is 50.6 Å². The Morgan fingerprint density at radius 3 is 2.18 bits per heavy atom. The smallest absolute Gasteiger partial charge is 0.141 e. The first-order valence-corrected chi connectivity index (χ1v) is 13.0. The number of methoxy groups -OCH3 is 2. The molecule has 10 heteroatoms. The van der Waals surface area contributed by atoms with Crippen LogP contribution in [0.2, 0.25) is 10.0 Å². The first-order valence-electron chi connectivity index (χ1n) is 12.3. The van der Waals surface area contributed by atoms with Crippen LogP contribution in [0, 0.1) is 0 Å². The van der Waals surface area contributed by atoms with Crippen LogP contribution < -0.4 is 19.7 Å². The summed E-state index contributed by atoms with van der Waals surface area (Å²) in [6.45, 7) is 6.25. The fourth-order valence-electron chi connectivity index (χ4n) is 5.10. The third kappa shape index (κ3) is 4.75. The van der Waals surface area contributed by atoms with Crippen LogP contribution in [0.1, 0.15) is 25.1 Å². The first-order chi connectivity index (χ1) is 18.3. The van der Waals surface area contributed by atoms with E-state index in [0.717, 1.165) is 40.8 Å². The van der Waals surface area contributed by atoms with Crippen molar-refractivity contribution in [3.8, 4) is 22.6 Å². The zero-order valence-corrected chi connectivity index (χ0v) is 23.1. The molecule has 0 bridgehead atoms. The average Bonchev–Trinajstić information content (AvgIpc) is 3.32. The Bertz CT molecular complexity index is 1460. The zero-order valence-electron chi connectivity index (χ0n) is 21.5. The predicted molar refractivity (Wildman–Crippen MR) is 153 cm³/mol. The molecule has 0 saturated carbocycles. The van der Waals surface area contributed by atoms with Crippen LogP contribution in [0.3, 0.4) is 0 Å². The van der Waals surface area contributed by atoms with E-state index in [4.69, 9.17) is 32.7 Å². The molecule has 5 rings (SSSR count). The van der Waals surface area contributed by atoms with Gasteiger partial charge in [-0.15, -0.1) is 0 Å². The summed E-state index contributed by atoms with van der Waals surface area (Å²) in [6, 6.07) is 16.2. The summed E-state index contributed by atoms with van der Waals surface area (Å²) in [4.78, 5) is 2.36. The van der Waals surface area contributed by atoms with E-state index in [1.807, 2.05) is 30.3 Å². The fraction of sp³-hybridized carbons (Fsp3) is 0.286. The lowest BCUT2D eigenvalue weighted by Gasteiger charge is -2.37. The molecule has 0 aliphatic carbocycles. The Kier molecular flexibility index (Phi) is 7.38. The topological polar surface area (TPSA) is 95.0 Å². The van der Waals surface area contributed by atoms with E-state index < -0.39 is 0 Å². The normalized spacial score (nSPS) is 18.2. The molecule has 4 aromatic rings. The van der Waals surface area contributed by atoms with Gasteiger partial charge in [0.05, 0.1) is 29.8 Å². The van der Waals surface area contributed by atoms with Crippen molar-refractivity contribution in [2.45, 2.75) is 25.9 Å². The second kappa shape index (κ2) is 10.7. The molecule has 198 valence electrons. The van der Waals surface area contributed by atoms with Crippen molar-refractivity contribution in [2.75, 3.05) is 32.2 Å². The van der Waals surface area contributed by atoms with Gasteiger partial charge in [0.1, 0.15) is 22.9 Å². The molecule has 1 saturated heterocycles. The molecule has 1 aliphatic rings. The molecule has 2 heterocycles. The third-order valence-electron chi connectivity index (χ3n) is 6.81. The number of anilines is 1. The molecule has 0 unspecified atom stereocenters. The summed E-state index contributed by atoms with van der Waals surface area (Å²) in [5, 5.41) is 26.2. The van der Waals surface area contributed by atoms with Gasteiger partial charge in [0.15, 0.2) is 0 Å². The van der Waals surface area contributed by atoms with Crippen molar-refractivity contribution in [1.29, 1.82) is 0 Å². The number of benzene rings is 3. The van der Waals surface area contributed by atoms with Gasteiger partial charge in [0.2, 0.25) is 0 Å². The maximum Gasteiger partial charge on any atom is 0.141 e. The number of aromatic nitrogens is 2. The van der Waals surface area contributed by atoms with Gasteiger partial charge in [-0.2, -0.15) is 5.10 Å². The van der Waals surface area contributed by atoms with Gasteiger partial charge >= 0.3 is 0 Å². The Labute approximate surface area is 231 Å². The molecule has 1 fully saturated rings. The second-order valence-electron chi connectivity index (χ2n) is 9.49. The van der Waals surface area contributed by atoms with Crippen molar-refractivity contribution in [2.24, 2.45) is 5.16 Å². The van der Waals surface area contributed by atoms with Crippen molar-refractivity contribution in [3.05, 3.63) is 69.8 Å². The zero-order chi connectivity index (χ0) is 27.0. The van der Waals surface area contributed by atoms with Crippen LogP contribution in [-0.4, -0.2) is 60.5 Å². The highest BCUT2D eigenvalue weighted by Crippen LogP contribution is 2.46. The number of hydrogen-bond donors (Lipinski definition) is 3. The first kappa shape index (κ1) is 26.2. The highest BCUT2D eigenvalue weighted by molar-refractivity contribution is 6.41. The van der Waals surface area contributed by atoms with Crippen molar-refractivity contribution < 1.29 is 14.7 Å². The number of fused-ring (bicyclic) bond motifs is 1. The molecule has 3 aromatic carbocycles. The molecule has 2 atom stereocenters. The largest absolute Gasteiger partial charge is 0.495 e. The molecule has 1 aliphatic heterocycles. The van der Waals surface area contributed by atoms with Crippen molar-refractivity contribution >= 4 is 45.5 Å². The minimum Gasteiger partial charge on any atom is -0.495 e. The van der Waals surface area contributed by atoms with Crippen LogP contribution >= 0.6 is 23.2 Å². The number of hydrogen-bond acceptors (Lipinski definition) is 7. The number of nitrogens with one attached hydrogen (secondary N) is 2. The van der Waals surface area contributed by atoms with E-state index in [1.54, 1.807) is 6.07 Å². The molecular weight excluding hydrogens is 525 g/mol. The molecule has 0 amide bonds. The van der Waals surface area contributed by atoms with E-state index in [9.17, 15) is 5.21 Å². The maximum absolute atomic E-state index is 9.97. The van der Waals surface area contributed by atoms with Gasteiger partial charge in [0.25, 0.3) is 0 Å².